The molecular weight excluding hydrogens is 416 g/mol. The van der Waals surface area contributed by atoms with Crippen LogP contribution in [0.2, 0.25) is 5.02 Å². The van der Waals surface area contributed by atoms with Crippen LogP contribution in [0.4, 0.5) is 0 Å². The van der Waals surface area contributed by atoms with Gasteiger partial charge in [0, 0.05) is 25.3 Å². The molecule has 4 rings (SSSR count). The number of fused-ring (bicyclic) bond motifs is 1. The van der Waals surface area contributed by atoms with E-state index in [1.165, 1.54) is 11.8 Å². The first-order valence-electron chi connectivity index (χ1n) is 8.84. The number of ether oxygens (including phenoxy) is 1. The van der Waals surface area contributed by atoms with E-state index < -0.39 is 0 Å². The zero-order valence-corrected chi connectivity index (χ0v) is 17.1. The van der Waals surface area contributed by atoms with Gasteiger partial charge in [0.1, 0.15) is 0 Å². The van der Waals surface area contributed by atoms with Crippen LogP contribution in [0, 0.1) is 0 Å². The van der Waals surface area contributed by atoms with E-state index in [0.717, 1.165) is 0 Å². The third-order valence-electron chi connectivity index (χ3n) is 4.15. The van der Waals surface area contributed by atoms with Crippen molar-refractivity contribution in [3.05, 3.63) is 57.9 Å². The molecule has 150 valence electrons. The minimum Gasteiger partial charge on any atom is -0.461 e. The maximum atomic E-state index is 13.0. The molecule has 0 saturated carbocycles. The quantitative estimate of drug-likeness (QED) is 0.234. The van der Waals surface area contributed by atoms with Gasteiger partial charge in [0.25, 0.3) is 5.56 Å². The van der Waals surface area contributed by atoms with Crippen LogP contribution in [0.3, 0.4) is 0 Å². The van der Waals surface area contributed by atoms with E-state index in [4.69, 9.17) is 25.3 Å². The minimum absolute atomic E-state index is 0.118. The van der Waals surface area contributed by atoms with Gasteiger partial charge in [-0.3, -0.25) is 9.36 Å². The second-order valence-electron chi connectivity index (χ2n) is 6.14. The van der Waals surface area contributed by atoms with Gasteiger partial charge in [0.2, 0.25) is 11.7 Å². The summed E-state index contributed by atoms with van der Waals surface area (Å²) in [5, 5.41) is 5.52. The lowest BCUT2D eigenvalue weighted by Gasteiger charge is -2.12. The highest BCUT2D eigenvalue weighted by Gasteiger charge is 2.15. The summed E-state index contributed by atoms with van der Waals surface area (Å²) in [5.74, 6) is 1.67. The summed E-state index contributed by atoms with van der Waals surface area (Å²) in [6.07, 6.45) is 2.23. The molecule has 0 saturated heterocycles. The monoisotopic (exact) mass is 432 g/mol. The van der Waals surface area contributed by atoms with Crippen LogP contribution in [0.15, 0.2) is 55.5 Å². The first-order chi connectivity index (χ1) is 14.2. The third-order valence-corrected chi connectivity index (χ3v) is 5.34. The number of furan rings is 1. The number of thioether (sulfide) groups is 1. The molecule has 0 bridgehead atoms. The van der Waals surface area contributed by atoms with Gasteiger partial charge in [-0.1, -0.05) is 28.5 Å². The largest absolute Gasteiger partial charge is 0.461 e. The molecule has 3 aromatic heterocycles. The van der Waals surface area contributed by atoms with Crippen molar-refractivity contribution >= 4 is 34.3 Å². The Kier molecular flexibility index (Phi) is 5.98. The zero-order chi connectivity index (χ0) is 20.2. The highest BCUT2D eigenvalue weighted by atomic mass is 35.5. The van der Waals surface area contributed by atoms with Gasteiger partial charge in [-0.15, -0.1) is 0 Å². The Morgan fingerprint density at radius 3 is 2.97 bits per heavy atom. The molecule has 0 amide bonds. The molecule has 0 N–H and O–H groups in total. The summed E-state index contributed by atoms with van der Waals surface area (Å²) in [5.41, 5.74) is 0.432. The smallest absolute Gasteiger partial charge is 0.262 e. The average molecular weight is 433 g/mol. The van der Waals surface area contributed by atoms with Crippen molar-refractivity contribution in [2.24, 2.45) is 0 Å². The number of hydrogen-bond donors (Lipinski definition) is 0. The number of methoxy groups -OCH3 is 1. The molecule has 0 unspecified atom stereocenters. The molecule has 0 aliphatic heterocycles. The normalized spacial score (nSPS) is 11.4. The molecular formula is C19H17ClN4O4S. The summed E-state index contributed by atoms with van der Waals surface area (Å²) >= 11 is 7.42. The van der Waals surface area contributed by atoms with E-state index in [1.807, 2.05) is 0 Å². The molecule has 0 spiro atoms. The second kappa shape index (κ2) is 8.81. The highest BCUT2D eigenvalue weighted by molar-refractivity contribution is 7.98. The number of nitrogens with zero attached hydrogens (tertiary/aromatic N) is 4. The van der Waals surface area contributed by atoms with E-state index in [0.29, 0.717) is 63.9 Å². The van der Waals surface area contributed by atoms with Gasteiger partial charge < -0.3 is 13.7 Å². The minimum atomic E-state index is -0.118. The molecule has 10 heteroatoms. The Hall–Kier alpha value is -2.62. The van der Waals surface area contributed by atoms with Gasteiger partial charge in [-0.2, -0.15) is 4.98 Å². The molecule has 1 aromatic carbocycles. The predicted octanol–water partition coefficient (Wildman–Crippen LogP) is 4.02. The molecule has 0 fully saturated rings. The van der Waals surface area contributed by atoms with Crippen molar-refractivity contribution in [1.29, 1.82) is 0 Å². The molecule has 3 heterocycles. The van der Waals surface area contributed by atoms with Gasteiger partial charge in [-0.25, -0.2) is 4.98 Å². The lowest BCUT2D eigenvalue weighted by molar-refractivity contribution is 0.189. The molecule has 0 aliphatic carbocycles. The zero-order valence-electron chi connectivity index (χ0n) is 15.5. The van der Waals surface area contributed by atoms with Gasteiger partial charge >= 0.3 is 0 Å². The van der Waals surface area contributed by atoms with E-state index in [2.05, 4.69) is 15.1 Å². The van der Waals surface area contributed by atoms with E-state index in [-0.39, 0.29) is 5.56 Å². The predicted molar refractivity (Wildman–Crippen MR) is 109 cm³/mol. The van der Waals surface area contributed by atoms with Crippen LogP contribution in [0.1, 0.15) is 12.3 Å². The Morgan fingerprint density at radius 2 is 2.17 bits per heavy atom. The summed E-state index contributed by atoms with van der Waals surface area (Å²) in [6, 6.07) is 8.58. The summed E-state index contributed by atoms with van der Waals surface area (Å²) in [7, 11) is 1.63. The van der Waals surface area contributed by atoms with Crippen molar-refractivity contribution in [1.82, 2.24) is 19.7 Å². The standard InChI is InChI=1S/C19H17ClN4O4S/c1-26-8-3-7-24-18(25)13-6-5-12(20)10-14(13)21-19(24)29-11-16-22-17(23-28-16)15-4-2-9-27-15/h2,4-6,9-10H,3,7-8,11H2,1H3. The van der Waals surface area contributed by atoms with Crippen LogP contribution in [-0.2, 0) is 17.0 Å². The molecule has 29 heavy (non-hydrogen) atoms. The first-order valence-corrected chi connectivity index (χ1v) is 10.2. The summed E-state index contributed by atoms with van der Waals surface area (Å²) in [4.78, 5) is 22.0. The number of rotatable bonds is 8. The highest BCUT2D eigenvalue weighted by Crippen LogP contribution is 2.24. The average Bonchev–Trinajstić information content (AvgIpc) is 3.40. The number of benzene rings is 1. The van der Waals surface area contributed by atoms with Crippen LogP contribution < -0.4 is 5.56 Å². The number of halogens is 1. The van der Waals surface area contributed by atoms with E-state index >= 15 is 0 Å². The summed E-state index contributed by atoms with van der Waals surface area (Å²) < 4.78 is 17.3. The number of hydrogen-bond acceptors (Lipinski definition) is 8. The molecule has 0 atom stereocenters. The van der Waals surface area contributed by atoms with Crippen molar-refractivity contribution in [2.75, 3.05) is 13.7 Å². The van der Waals surface area contributed by atoms with Gasteiger partial charge in [0.15, 0.2) is 10.9 Å². The molecule has 0 radical (unpaired) electrons. The lowest BCUT2D eigenvalue weighted by Crippen LogP contribution is -2.24. The van der Waals surface area contributed by atoms with E-state index in [9.17, 15) is 4.79 Å². The fourth-order valence-corrected chi connectivity index (χ4v) is 3.82. The van der Waals surface area contributed by atoms with Crippen LogP contribution in [0.5, 0.6) is 0 Å². The van der Waals surface area contributed by atoms with Crippen molar-refractivity contribution < 1.29 is 13.7 Å². The maximum absolute atomic E-state index is 13.0. The van der Waals surface area contributed by atoms with Crippen LogP contribution >= 0.6 is 23.4 Å². The topological polar surface area (TPSA) is 96.2 Å². The molecule has 8 nitrogen and oxygen atoms in total. The lowest BCUT2D eigenvalue weighted by atomic mass is 10.2. The SMILES string of the molecule is COCCCn1c(SCc2nc(-c3ccco3)no2)nc2cc(Cl)ccc2c1=O. The maximum Gasteiger partial charge on any atom is 0.262 e. The summed E-state index contributed by atoms with van der Waals surface area (Å²) in [6.45, 7) is 1.04. The van der Waals surface area contributed by atoms with Crippen LogP contribution in [-0.4, -0.2) is 33.4 Å². The number of aromatic nitrogens is 4. The van der Waals surface area contributed by atoms with Crippen molar-refractivity contribution in [3.63, 3.8) is 0 Å². The van der Waals surface area contributed by atoms with Crippen LogP contribution in [0.25, 0.3) is 22.5 Å². The molecule has 4 aromatic rings. The van der Waals surface area contributed by atoms with Crippen molar-refractivity contribution in [3.8, 4) is 11.6 Å². The Balaban J connectivity index is 1.62. The van der Waals surface area contributed by atoms with Crippen molar-refractivity contribution in [2.45, 2.75) is 23.9 Å². The fourth-order valence-electron chi connectivity index (χ4n) is 2.79. The Labute approximate surface area is 174 Å². The van der Waals surface area contributed by atoms with Gasteiger partial charge in [0.05, 0.1) is 22.9 Å². The Bertz CT molecular complexity index is 1170. The second-order valence-corrected chi connectivity index (χ2v) is 7.52. The first kappa shape index (κ1) is 19.7. The van der Waals surface area contributed by atoms with Gasteiger partial charge in [-0.05, 0) is 36.8 Å². The molecule has 0 aliphatic rings. The fraction of sp³-hybridized carbons (Fsp3) is 0.263. The Morgan fingerprint density at radius 1 is 1.28 bits per heavy atom. The van der Waals surface area contributed by atoms with E-state index in [1.54, 1.807) is 48.3 Å². The third kappa shape index (κ3) is 4.36.